The highest BCUT2D eigenvalue weighted by Gasteiger charge is 2.14. The topological polar surface area (TPSA) is 86.4 Å². The Labute approximate surface area is 148 Å². The maximum Gasteiger partial charge on any atom is 0.279 e. The largest absolute Gasteiger partial charge is 0.329 e. The van der Waals surface area contributed by atoms with Crippen molar-refractivity contribution >= 4 is 33.8 Å². The van der Waals surface area contributed by atoms with Crippen molar-refractivity contribution in [1.82, 2.24) is 0 Å². The van der Waals surface area contributed by atoms with Crippen LogP contribution in [-0.4, -0.2) is 32.0 Å². The van der Waals surface area contributed by atoms with Crippen LogP contribution in [0.4, 0.5) is 15.1 Å². The number of hydrogen-bond donors (Lipinski definition) is 3. The average Bonchev–Trinajstić information content (AvgIpc) is 3.02. The first-order chi connectivity index (χ1) is 12.0. The molecule has 0 aliphatic heterocycles. The second kappa shape index (κ2) is 8.92. The van der Waals surface area contributed by atoms with Gasteiger partial charge in [0, 0.05) is 5.69 Å². The molecule has 0 spiro atoms. The third kappa shape index (κ3) is 5.99. The van der Waals surface area contributed by atoms with Gasteiger partial charge < -0.3 is 15.5 Å². The number of thiophene rings is 1. The van der Waals surface area contributed by atoms with Gasteiger partial charge in [-0.05, 0) is 35.7 Å². The van der Waals surface area contributed by atoms with Gasteiger partial charge in [0.15, 0.2) is 6.54 Å². The molecular weight excluding hydrogens is 343 g/mol. The SMILES string of the molecule is C[NH+](CCC(=O)Nc1sccc1C#N)CC(=O)Nc1ccc(F)cc1. The maximum absolute atomic E-state index is 12.8. The fraction of sp³-hybridized carbons (Fsp3) is 0.235. The molecule has 2 amide bonds. The Balaban J connectivity index is 1.73. The zero-order valence-electron chi connectivity index (χ0n) is 13.6. The monoisotopic (exact) mass is 361 g/mol. The van der Waals surface area contributed by atoms with Gasteiger partial charge in [-0.2, -0.15) is 5.26 Å². The van der Waals surface area contributed by atoms with E-state index in [0.717, 1.165) is 4.90 Å². The number of carbonyl (C=O) groups is 2. The van der Waals surface area contributed by atoms with Crippen LogP contribution in [0.1, 0.15) is 12.0 Å². The summed E-state index contributed by atoms with van der Waals surface area (Å²) in [6.45, 7) is 0.656. The number of likely N-dealkylation sites (N-methyl/N-ethyl adjacent to an activating group) is 1. The van der Waals surface area contributed by atoms with Crippen LogP contribution in [0.25, 0.3) is 0 Å². The Hall–Kier alpha value is -2.76. The molecule has 1 heterocycles. The second-order valence-corrected chi connectivity index (χ2v) is 6.43. The maximum atomic E-state index is 12.8. The third-order valence-electron chi connectivity index (χ3n) is 3.41. The number of anilines is 2. The van der Waals surface area contributed by atoms with Crippen LogP contribution in [0.15, 0.2) is 35.7 Å². The lowest BCUT2D eigenvalue weighted by Crippen LogP contribution is -3.10. The van der Waals surface area contributed by atoms with Crippen molar-refractivity contribution in [3.05, 3.63) is 47.1 Å². The van der Waals surface area contributed by atoms with Gasteiger partial charge >= 0.3 is 0 Å². The standard InChI is InChI=1S/C17H17FN4O2S/c1-22(11-16(24)20-14-4-2-13(18)3-5-14)8-6-15(23)21-17-12(10-19)7-9-25-17/h2-5,7,9H,6,8,11H2,1H3,(H,20,24)(H,21,23)/p+1. The van der Waals surface area contributed by atoms with Crippen LogP contribution in [0.5, 0.6) is 0 Å². The fourth-order valence-electron chi connectivity index (χ4n) is 2.11. The van der Waals surface area contributed by atoms with Gasteiger partial charge in [-0.1, -0.05) is 0 Å². The van der Waals surface area contributed by atoms with Crippen molar-refractivity contribution in [2.45, 2.75) is 6.42 Å². The minimum atomic E-state index is -0.364. The van der Waals surface area contributed by atoms with Crippen LogP contribution in [-0.2, 0) is 9.59 Å². The summed E-state index contributed by atoms with van der Waals surface area (Å²) >= 11 is 1.30. The molecule has 0 fully saturated rings. The number of nitriles is 1. The summed E-state index contributed by atoms with van der Waals surface area (Å²) in [5.41, 5.74) is 0.969. The van der Waals surface area contributed by atoms with Crippen molar-refractivity contribution in [1.29, 1.82) is 5.26 Å². The van der Waals surface area contributed by atoms with Crippen molar-refractivity contribution in [2.75, 3.05) is 30.8 Å². The summed E-state index contributed by atoms with van der Waals surface area (Å²) in [6, 6.07) is 9.19. The van der Waals surface area contributed by atoms with Crippen molar-refractivity contribution in [2.24, 2.45) is 0 Å². The van der Waals surface area contributed by atoms with E-state index in [9.17, 15) is 14.0 Å². The molecule has 1 unspecified atom stereocenters. The molecule has 0 aliphatic rings. The quantitative estimate of drug-likeness (QED) is 0.694. The van der Waals surface area contributed by atoms with Gasteiger partial charge in [0.05, 0.1) is 25.6 Å². The third-order valence-corrected chi connectivity index (χ3v) is 4.24. The number of carbonyl (C=O) groups excluding carboxylic acids is 2. The molecule has 2 rings (SSSR count). The van der Waals surface area contributed by atoms with E-state index in [0.29, 0.717) is 22.8 Å². The molecule has 1 aromatic heterocycles. The zero-order valence-corrected chi connectivity index (χ0v) is 14.5. The second-order valence-electron chi connectivity index (χ2n) is 5.51. The van der Waals surface area contributed by atoms with Crippen LogP contribution < -0.4 is 15.5 Å². The molecule has 3 N–H and O–H groups in total. The molecule has 0 aliphatic carbocycles. The highest BCUT2D eigenvalue weighted by Crippen LogP contribution is 2.21. The molecule has 25 heavy (non-hydrogen) atoms. The van der Waals surface area contributed by atoms with Crippen LogP contribution in [0, 0.1) is 17.1 Å². The van der Waals surface area contributed by atoms with E-state index in [1.54, 1.807) is 11.4 Å². The van der Waals surface area contributed by atoms with Crippen LogP contribution >= 0.6 is 11.3 Å². The summed E-state index contributed by atoms with van der Waals surface area (Å²) in [5, 5.41) is 16.6. The number of halogens is 1. The first-order valence-electron chi connectivity index (χ1n) is 7.62. The lowest BCUT2D eigenvalue weighted by Gasteiger charge is -2.13. The Kier molecular flexibility index (Phi) is 6.62. The van der Waals surface area contributed by atoms with E-state index in [-0.39, 0.29) is 30.6 Å². The van der Waals surface area contributed by atoms with E-state index >= 15 is 0 Å². The molecule has 8 heteroatoms. The summed E-state index contributed by atoms with van der Waals surface area (Å²) in [7, 11) is 1.81. The van der Waals surface area contributed by atoms with Gasteiger partial charge in [-0.25, -0.2) is 4.39 Å². The number of nitrogens with one attached hydrogen (secondary N) is 3. The number of benzene rings is 1. The lowest BCUT2D eigenvalue weighted by molar-refractivity contribution is -0.870. The van der Waals surface area contributed by atoms with Crippen LogP contribution in [0.3, 0.4) is 0 Å². The minimum absolute atomic E-state index is 0.188. The molecule has 0 saturated carbocycles. The van der Waals surface area contributed by atoms with Crippen molar-refractivity contribution in [3.8, 4) is 6.07 Å². The molecule has 1 aromatic carbocycles. The van der Waals surface area contributed by atoms with Gasteiger partial charge in [0.1, 0.15) is 16.9 Å². The number of amides is 2. The predicted molar refractivity (Wildman–Crippen MR) is 93.9 cm³/mol. The summed E-state index contributed by atoms with van der Waals surface area (Å²) in [6.07, 6.45) is 0.235. The van der Waals surface area contributed by atoms with E-state index in [4.69, 9.17) is 5.26 Å². The van der Waals surface area contributed by atoms with Gasteiger partial charge in [-0.15, -0.1) is 11.3 Å². The normalized spacial score (nSPS) is 11.4. The molecule has 0 bridgehead atoms. The Morgan fingerprint density at radius 2 is 1.92 bits per heavy atom. The van der Waals surface area contributed by atoms with Crippen LogP contribution in [0.2, 0.25) is 0 Å². The van der Waals surface area contributed by atoms with E-state index in [2.05, 4.69) is 10.6 Å². The van der Waals surface area contributed by atoms with Gasteiger partial charge in [-0.3, -0.25) is 9.59 Å². The van der Waals surface area contributed by atoms with Crippen molar-refractivity contribution < 1.29 is 18.9 Å². The molecule has 0 saturated heterocycles. The summed E-state index contributed by atoms with van der Waals surface area (Å²) < 4.78 is 12.8. The average molecular weight is 361 g/mol. The number of rotatable bonds is 7. The molecular formula is C17H18FN4O2S+. The highest BCUT2D eigenvalue weighted by molar-refractivity contribution is 7.14. The first kappa shape index (κ1) is 18.6. The Morgan fingerprint density at radius 1 is 1.20 bits per heavy atom. The highest BCUT2D eigenvalue weighted by atomic mass is 32.1. The van der Waals surface area contributed by atoms with Gasteiger partial charge in [0.2, 0.25) is 5.91 Å². The number of quaternary nitrogens is 1. The number of nitrogens with zero attached hydrogens (tertiary/aromatic N) is 1. The van der Waals surface area contributed by atoms with Gasteiger partial charge in [0.25, 0.3) is 5.91 Å². The predicted octanol–water partition coefficient (Wildman–Crippen LogP) is 1.24. The van der Waals surface area contributed by atoms with E-state index in [1.165, 1.54) is 35.6 Å². The Bertz CT molecular complexity index is 783. The van der Waals surface area contributed by atoms with Crippen molar-refractivity contribution in [3.63, 3.8) is 0 Å². The number of hydrogen-bond acceptors (Lipinski definition) is 4. The first-order valence-corrected chi connectivity index (χ1v) is 8.50. The molecule has 0 radical (unpaired) electrons. The molecule has 130 valence electrons. The Morgan fingerprint density at radius 3 is 2.60 bits per heavy atom. The minimum Gasteiger partial charge on any atom is -0.329 e. The van der Waals surface area contributed by atoms with E-state index in [1.807, 2.05) is 13.1 Å². The summed E-state index contributed by atoms with van der Waals surface area (Å²) in [4.78, 5) is 24.7. The molecule has 1 atom stereocenters. The fourth-order valence-corrected chi connectivity index (χ4v) is 2.86. The van der Waals surface area contributed by atoms with E-state index < -0.39 is 0 Å². The summed E-state index contributed by atoms with van der Waals surface area (Å²) in [5.74, 6) is -0.774. The molecule has 6 nitrogen and oxygen atoms in total. The zero-order chi connectivity index (χ0) is 18.2. The lowest BCUT2D eigenvalue weighted by atomic mass is 10.3. The smallest absolute Gasteiger partial charge is 0.279 e. The molecule has 2 aromatic rings.